The van der Waals surface area contributed by atoms with Crippen LogP contribution in [-0.2, 0) is 6.54 Å². The van der Waals surface area contributed by atoms with Crippen molar-refractivity contribution in [2.24, 2.45) is 0 Å². The van der Waals surface area contributed by atoms with Crippen LogP contribution >= 0.6 is 11.3 Å². The molecule has 2 nitrogen and oxygen atoms in total. The topological polar surface area (TPSA) is 29.9 Å². The van der Waals surface area contributed by atoms with Crippen LogP contribution in [0.1, 0.15) is 13.3 Å². The largest absolute Gasteiger partial charge is 1.00 e. The lowest BCUT2D eigenvalue weighted by Crippen LogP contribution is -3.00. The number of aromatic nitrogens is 1. The SMILES string of the molecule is CCC[n+]1c(N)sc2ccccc21.[I-]. The van der Waals surface area contributed by atoms with Crippen LogP contribution in [0.3, 0.4) is 0 Å². The third-order valence-corrected chi connectivity index (χ3v) is 3.08. The predicted molar refractivity (Wildman–Crippen MR) is 56.7 cm³/mol. The highest BCUT2D eigenvalue weighted by Crippen LogP contribution is 2.21. The molecule has 2 N–H and O–H groups in total. The Hall–Kier alpha value is -0.360. The minimum Gasteiger partial charge on any atom is -1.00 e. The molecule has 0 bridgehead atoms. The van der Waals surface area contributed by atoms with Crippen LogP contribution in [0.2, 0.25) is 0 Å². The molecule has 2 aromatic rings. The molecule has 0 atom stereocenters. The molecule has 0 aliphatic carbocycles. The number of fused-ring (bicyclic) bond motifs is 1. The van der Waals surface area contributed by atoms with E-state index in [1.165, 1.54) is 10.2 Å². The molecule has 0 amide bonds. The lowest BCUT2D eigenvalue weighted by Gasteiger charge is -1.95. The first-order valence-electron chi connectivity index (χ1n) is 4.49. The van der Waals surface area contributed by atoms with Crippen molar-refractivity contribution in [3.63, 3.8) is 0 Å². The lowest BCUT2D eigenvalue weighted by atomic mass is 10.3. The Morgan fingerprint density at radius 1 is 1.36 bits per heavy atom. The summed E-state index contributed by atoms with van der Waals surface area (Å²) in [5.74, 6) is 0. The zero-order valence-electron chi connectivity index (χ0n) is 8.03. The van der Waals surface area contributed by atoms with Crippen LogP contribution in [0, 0.1) is 0 Å². The quantitative estimate of drug-likeness (QED) is 0.569. The summed E-state index contributed by atoms with van der Waals surface area (Å²) in [6.45, 7) is 3.18. The monoisotopic (exact) mass is 320 g/mol. The Bertz CT molecular complexity index is 425. The Kier molecular flexibility index (Phi) is 4.12. The molecule has 1 aromatic carbocycles. The number of para-hydroxylation sites is 1. The van der Waals surface area contributed by atoms with Gasteiger partial charge in [0.05, 0.1) is 11.2 Å². The van der Waals surface area contributed by atoms with E-state index in [1.54, 1.807) is 11.3 Å². The van der Waals surface area contributed by atoms with Crippen LogP contribution < -0.4 is 34.3 Å². The number of aryl methyl sites for hydroxylation is 1. The lowest BCUT2D eigenvalue weighted by molar-refractivity contribution is -0.653. The maximum absolute atomic E-state index is 5.92. The van der Waals surface area contributed by atoms with Crippen molar-refractivity contribution in [3.8, 4) is 0 Å². The summed E-state index contributed by atoms with van der Waals surface area (Å²) in [6, 6.07) is 8.34. The summed E-state index contributed by atoms with van der Waals surface area (Å²) in [5.41, 5.74) is 7.18. The van der Waals surface area contributed by atoms with Crippen molar-refractivity contribution in [2.75, 3.05) is 5.73 Å². The number of hydrogen-bond donors (Lipinski definition) is 1. The molecule has 0 spiro atoms. The Labute approximate surface area is 105 Å². The van der Waals surface area contributed by atoms with E-state index in [0.29, 0.717) is 0 Å². The zero-order chi connectivity index (χ0) is 9.26. The summed E-state index contributed by atoms with van der Waals surface area (Å²) >= 11 is 1.66. The fraction of sp³-hybridized carbons (Fsp3) is 0.300. The van der Waals surface area contributed by atoms with Crippen molar-refractivity contribution in [3.05, 3.63) is 24.3 Å². The number of thiazole rings is 1. The number of benzene rings is 1. The molecule has 14 heavy (non-hydrogen) atoms. The molecule has 0 radical (unpaired) electrons. The van der Waals surface area contributed by atoms with Gasteiger partial charge in [-0.05, 0) is 29.9 Å². The zero-order valence-corrected chi connectivity index (χ0v) is 11.0. The highest BCUT2D eigenvalue weighted by molar-refractivity contribution is 7.21. The maximum Gasteiger partial charge on any atom is 0.332 e. The van der Waals surface area contributed by atoms with Crippen molar-refractivity contribution in [1.82, 2.24) is 0 Å². The number of hydrogen-bond acceptors (Lipinski definition) is 2. The smallest absolute Gasteiger partial charge is 0.332 e. The number of nitrogen functional groups attached to an aromatic ring is 1. The maximum atomic E-state index is 5.92. The highest BCUT2D eigenvalue weighted by atomic mass is 127. The van der Waals surface area contributed by atoms with E-state index in [-0.39, 0.29) is 24.0 Å². The predicted octanol–water partition coefficient (Wildman–Crippen LogP) is -0.815. The number of anilines is 1. The summed E-state index contributed by atoms with van der Waals surface area (Å²) < 4.78 is 3.45. The van der Waals surface area contributed by atoms with Gasteiger partial charge in [-0.1, -0.05) is 19.1 Å². The van der Waals surface area contributed by atoms with Crippen LogP contribution in [0.4, 0.5) is 5.13 Å². The van der Waals surface area contributed by atoms with Crippen LogP contribution in [0.15, 0.2) is 24.3 Å². The van der Waals surface area contributed by atoms with Crippen molar-refractivity contribution in [2.45, 2.75) is 19.9 Å². The molecule has 1 heterocycles. The molecular formula is C10H13IN2S. The third kappa shape index (κ3) is 2.00. The van der Waals surface area contributed by atoms with Gasteiger partial charge in [-0.3, -0.25) is 5.73 Å². The van der Waals surface area contributed by atoms with E-state index < -0.39 is 0 Å². The number of rotatable bonds is 2. The number of nitrogens with two attached hydrogens (primary N) is 1. The fourth-order valence-corrected chi connectivity index (χ4v) is 2.46. The molecule has 0 saturated carbocycles. The van der Waals surface area contributed by atoms with E-state index in [9.17, 15) is 0 Å². The molecule has 76 valence electrons. The average Bonchev–Trinajstić information content (AvgIpc) is 2.44. The van der Waals surface area contributed by atoms with Gasteiger partial charge < -0.3 is 24.0 Å². The van der Waals surface area contributed by atoms with E-state index in [2.05, 4.69) is 35.8 Å². The summed E-state index contributed by atoms with van der Waals surface area (Å²) in [6.07, 6.45) is 1.12. The van der Waals surface area contributed by atoms with Crippen molar-refractivity contribution >= 4 is 26.7 Å². The van der Waals surface area contributed by atoms with Gasteiger partial charge in [-0.25, -0.2) is 4.57 Å². The molecule has 0 saturated heterocycles. The van der Waals surface area contributed by atoms with Crippen LogP contribution in [-0.4, -0.2) is 0 Å². The second-order valence-corrected chi connectivity index (χ2v) is 4.12. The standard InChI is InChI=1S/C10H12N2S.HI/c1-2-7-12-8-5-3-4-6-9(8)13-10(12)11;/h3-6,11H,2,7H2,1H3;1H. The van der Waals surface area contributed by atoms with Crippen LogP contribution in [0.5, 0.6) is 0 Å². The van der Waals surface area contributed by atoms with Gasteiger partial charge in [-0.2, -0.15) is 0 Å². The number of halogens is 1. The first kappa shape index (κ1) is 11.7. The van der Waals surface area contributed by atoms with Gasteiger partial charge in [0, 0.05) is 0 Å². The van der Waals surface area contributed by atoms with Crippen LogP contribution in [0.25, 0.3) is 10.2 Å². The molecule has 1 aromatic heterocycles. The van der Waals surface area contributed by atoms with Gasteiger partial charge in [0.2, 0.25) is 0 Å². The molecule has 0 aliphatic heterocycles. The van der Waals surface area contributed by atoms with E-state index in [4.69, 9.17) is 5.73 Å². The van der Waals surface area contributed by atoms with Gasteiger partial charge >= 0.3 is 5.13 Å². The minimum atomic E-state index is 0. The van der Waals surface area contributed by atoms with E-state index in [1.807, 2.05) is 0 Å². The second-order valence-electron chi connectivity index (χ2n) is 3.06. The van der Waals surface area contributed by atoms with E-state index >= 15 is 0 Å². The Balaban J connectivity index is 0.000000980. The first-order chi connectivity index (χ1) is 6.33. The van der Waals surface area contributed by atoms with E-state index in [0.717, 1.165) is 18.1 Å². The van der Waals surface area contributed by atoms with Crippen molar-refractivity contribution < 1.29 is 28.5 Å². The Morgan fingerprint density at radius 3 is 2.79 bits per heavy atom. The number of nitrogens with zero attached hydrogens (tertiary/aromatic N) is 1. The minimum absolute atomic E-state index is 0. The average molecular weight is 320 g/mol. The first-order valence-corrected chi connectivity index (χ1v) is 5.31. The molecule has 0 fully saturated rings. The van der Waals surface area contributed by atoms with Gasteiger partial charge in [-0.15, -0.1) is 0 Å². The molecule has 0 aliphatic rings. The fourth-order valence-electron chi connectivity index (χ4n) is 1.51. The van der Waals surface area contributed by atoms with Gasteiger partial charge in [0.15, 0.2) is 0 Å². The van der Waals surface area contributed by atoms with Crippen molar-refractivity contribution in [1.29, 1.82) is 0 Å². The summed E-state index contributed by atoms with van der Waals surface area (Å²) in [5, 5.41) is 0.906. The summed E-state index contributed by atoms with van der Waals surface area (Å²) in [4.78, 5) is 0. The highest BCUT2D eigenvalue weighted by Gasteiger charge is 2.12. The molecule has 0 unspecified atom stereocenters. The van der Waals surface area contributed by atoms with Gasteiger partial charge in [0.1, 0.15) is 5.52 Å². The molecule has 2 rings (SSSR count). The molecule has 4 heteroatoms. The second kappa shape index (κ2) is 4.93. The summed E-state index contributed by atoms with van der Waals surface area (Å²) in [7, 11) is 0. The van der Waals surface area contributed by atoms with Gasteiger partial charge in [0.25, 0.3) is 0 Å². The normalized spacial score (nSPS) is 10.1. The Morgan fingerprint density at radius 2 is 2.07 bits per heavy atom. The molecular weight excluding hydrogens is 307 g/mol. The third-order valence-electron chi connectivity index (χ3n) is 2.08.